The molecule has 0 radical (unpaired) electrons. The zero-order chi connectivity index (χ0) is 9.73. The number of terminal acetylenes is 1. The maximum atomic E-state index is 10.2. The van der Waals surface area contributed by atoms with E-state index in [-0.39, 0.29) is 5.92 Å². The summed E-state index contributed by atoms with van der Waals surface area (Å²) in [5.41, 5.74) is -0.712. The van der Waals surface area contributed by atoms with Crippen LogP contribution < -0.4 is 0 Å². The number of rotatable bonds is 1. The molecule has 1 nitrogen and oxygen atoms in total. The molecule has 1 heteroatoms. The van der Waals surface area contributed by atoms with Crippen molar-refractivity contribution in [1.29, 1.82) is 0 Å². The molecule has 0 amide bonds. The lowest BCUT2D eigenvalue weighted by molar-refractivity contribution is -0.0132. The van der Waals surface area contributed by atoms with Crippen LogP contribution in [0.1, 0.15) is 39.0 Å². The molecule has 1 N–H and O–H groups in total. The highest BCUT2D eigenvalue weighted by molar-refractivity contribution is 5.20. The molecular weight excluding hydrogens is 160 g/mol. The van der Waals surface area contributed by atoms with Gasteiger partial charge >= 0.3 is 0 Å². The summed E-state index contributed by atoms with van der Waals surface area (Å²) in [6.45, 7) is 1.76. The van der Waals surface area contributed by atoms with Crippen LogP contribution in [-0.4, -0.2) is 10.7 Å². The lowest BCUT2D eigenvalue weighted by Gasteiger charge is -2.34. The van der Waals surface area contributed by atoms with Gasteiger partial charge in [-0.05, 0) is 19.8 Å². The standard InChI is InChI=1S/C12H16O/c1-3-8-11(4-2)12(13)9-6-5-7-10-12/h2,11,13H,5-7,9-10H2,1H3. The zero-order valence-electron chi connectivity index (χ0n) is 8.14. The SMILES string of the molecule is C#CC(C#CC)C1(O)CCCCC1. The van der Waals surface area contributed by atoms with Gasteiger partial charge < -0.3 is 5.11 Å². The van der Waals surface area contributed by atoms with Crippen molar-refractivity contribution in [3.63, 3.8) is 0 Å². The van der Waals surface area contributed by atoms with Gasteiger partial charge in [-0.25, -0.2) is 0 Å². The van der Waals surface area contributed by atoms with Crippen molar-refractivity contribution in [3.8, 4) is 24.2 Å². The van der Waals surface area contributed by atoms with Gasteiger partial charge in [0.05, 0.1) is 5.60 Å². The van der Waals surface area contributed by atoms with Gasteiger partial charge in [-0.3, -0.25) is 0 Å². The highest BCUT2D eigenvalue weighted by Crippen LogP contribution is 2.33. The third kappa shape index (κ3) is 2.27. The monoisotopic (exact) mass is 176 g/mol. The second-order valence-corrected chi connectivity index (χ2v) is 3.66. The molecule has 1 unspecified atom stereocenters. The minimum absolute atomic E-state index is 0.280. The fourth-order valence-electron chi connectivity index (χ4n) is 1.93. The highest BCUT2D eigenvalue weighted by atomic mass is 16.3. The number of hydrogen-bond acceptors (Lipinski definition) is 1. The van der Waals surface area contributed by atoms with E-state index in [0.29, 0.717) is 0 Å². The summed E-state index contributed by atoms with van der Waals surface area (Å²) >= 11 is 0. The van der Waals surface area contributed by atoms with Crippen LogP contribution in [0.15, 0.2) is 0 Å². The molecule has 13 heavy (non-hydrogen) atoms. The van der Waals surface area contributed by atoms with Crippen molar-refractivity contribution >= 4 is 0 Å². The highest BCUT2D eigenvalue weighted by Gasteiger charge is 2.35. The summed E-state index contributed by atoms with van der Waals surface area (Å²) in [6.07, 6.45) is 10.3. The van der Waals surface area contributed by atoms with E-state index < -0.39 is 5.60 Å². The number of aliphatic hydroxyl groups is 1. The first-order valence-electron chi connectivity index (χ1n) is 4.84. The smallest absolute Gasteiger partial charge is 0.109 e. The molecule has 0 saturated heterocycles. The molecule has 1 rings (SSSR count). The summed E-state index contributed by atoms with van der Waals surface area (Å²) < 4.78 is 0. The Labute approximate surface area is 80.5 Å². The van der Waals surface area contributed by atoms with E-state index in [4.69, 9.17) is 6.42 Å². The van der Waals surface area contributed by atoms with Crippen LogP contribution in [-0.2, 0) is 0 Å². The van der Waals surface area contributed by atoms with E-state index in [2.05, 4.69) is 17.8 Å². The Hall–Kier alpha value is -0.920. The average molecular weight is 176 g/mol. The minimum atomic E-state index is -0.712. The first kappa shape index (κ1) is 10.2. The summed E-state index contributed by atoms with van der Waals surface area (Å²) in [5.74, 6) is 8.00. The van der Waals surface area contributed by atoms with Crippen molar-refractivity contribution < 1.29 is 5.11 Å². The molecule has 1 saturated carbocycles. The quantitative estimate of drug-likeness (QED) is 0.605. The second kappa shape index (κ2) is 4.35. The predicted octanol–water partition coefficient (Wildman–Crippen LogP) is 1.95. The Kier molecular flexibility index (Phi) is 3.40. The largest absolute Gasteiger partial charge is 0.388 e. The van der Waals surface area contributed by atoms with Crippen molar-refractivity contribution in [2.24, 2.45) is 5.92 Å². The van der Waals surface area contributed by atoms with E-state index in [9.17, 15) is 5.11 Å². The summed E-state index contributed by atoms with van der Waals surface area (Å²) in [7, 11) is 0. The molecule has 0 aromatic heterocycles. The first-order chi connectivity index (χ1) is 6.23. The molecule has 0 aromatic carbocycles. The third-order valence-corrected chi connectivity index (χ3v) is 2.71. The van der Waals surface area contributed by atoms with Crippen LogP contribution in [0.25, 0.3) is 0 Å². The Morgan fingerprint density at radius 3 is 2.38 bits per heavy atom. The van der Waals surface area contributed by atoms with Gasteiger partial charge in [0, 0.05) is 0 Å². The predicted molar refractivity (Wildman–Crippen MR) is 53.8 cm³/mol. The molecule has 1 atom stereocenters. The molecule has 1 fully saturated rings. The summed E-state index contributed by atoms with van der Waals surface area (Å²) in [5, 5.41) is 10.2. The van der Waals surface area contributed by atoms with Gasteiger partial charge in [0.25, 0.3) is 0 Å². The summed E-state index contributed by atoms with van der Waals surface area (Å²) in [6, 6.07) is 0. The number of hydrogen-bond donors (Lipinski definition) is 1. The fraction of sp³-hybridized carbons (Fsp3) is 0.667. The molecular formula is C12H16O. The normalized spacial score (nSPS) is 22.2. The van der Waals surface area contributed by atoms with Crippen molar-refractivity contribution in [3.05, 3.63) is 0 Å². The lowest BCUT2D eigenvalue weighted by atomic mass is 9.76. The Morgan fingerprint density at radius 1 is 1.31 bits per heavy atom. The molecule has 0 spiro atoms. The lowest BCUT2D eigenvalue weighted by Crippen LogP contribution is -2.38. The van der Waals surface area contributed by atoms with Crippen LogP contribution >= 0.6 is 0 Å². The van der Waals surface area contributed by atoms with Gasteiger partial charge in [-0.15, -0.1) is 12.3 Å². The van der Waals surface area contributed by atoms with E-state index in [1.54, 1.807) is 6.92 Å². The third-order valence-electron chi connectivity index (χ3n) is 2.71. The molecule has 0 heterocycles. The maximum Gasteiger partial charge on any atom is 0.109 e. The van der Waals surface area contributed by atoms with Crippen LogP contribution in [0.4, 0.5) is 0 Å². The molecule has 0 aromatic rings. The van der Waals surface area contributed by atoms with Gasteiger partial charge in [0.2, 0.25) is 0 Å². The molecule has 1 aliphatic carbocycles. The van der Waals surface area contributed by atoms with Gasteiger partial charge in [-0.1, -0.05) is 31.1 Å². The van der Waals surface area contributed by atoms with Gasteiger partial charge in [-0.2, -0.15) is 0 Å². The van der Waals surface area contributed by atoms with Crippen LogP contribution in [0.5, 0.6) is 0 Å². The van der Waals surface area contributed by atoms with Crippen molar-refractivity contribution in [2.45, 2.75) is 44.6 Å². The minimum Gasteiger partial charge on any atom is -0.388 e. The fourth-order valence-corrected chi connectivity index (χ4v) is 1.93. The van der Waals surface area contributed by atoms with Crippen molar-refractivity contribution in [2.75, 3.05) is 0 Å². The Morgan fingerprint density at radius 2 is 1.92 bits per heavy atom. The second-order valence-electron chi connectivity index (χ2n) is 3.66. The molecule has 1 aliphatic rings. The van der Waals surface area contributed by atoms with Crippen LogP contribution in [0, 0.1) is 30.1 Å². The zero-order valence-corrected chi connectivity index (χ0v) is 8.14. The van der Waals surface area contributed by atoms with Crippen molar-refractivity contribution in [1.82, 2.24) is 0 Å². The molecule has 0 aliphatic heterocycles. The Bertz CT molecular complexity index is 255. The van der Waals surface area contributed by atoms with E-state index in [0.717, 1.165) is 25.7 Å². The molecule has 0 bridgehead atoms. The van der Waals surface area contributed by atoms with E-state index in [1.165, 1.54) is 6.42 Å². The van der Waals surface area contributed by atoms with Gasteiger partial charge in [0.15, 0.2) is 0 Å². The van der Waals surface area contributed by atoms with E-state index >= 15 is 0 Å². The topological polar surface area (TPSA) is 20.2 Å². The van der Waals surface area contributed by atoms with E-state index in [1.807, 2.05) is 0 Å². The summed E-state index contributed by atoms with van der Waals surface area (Å²) in [4.78, 5) is 0. The maximum absolute atomic E-state index is 10.2. The Balaban J connectivity index is 2.74. The average Bonchev–Trinajstić information content (AvgIpc) is 2.15. The van der Waals surface area contributed by atoms with Gasteiger partial charge in [0.1, 0.15) is 5.92 Å². The van der Waals surface area contributed by atoms with Crippen LogP contribution in [0.2, 0.25) is 0 Å². The molecule has 70 valence electrons. The van der Waals surface area contributed by atoms with Crippen LogP contribution in [0.3, 0.4) is 0 Å². The first-order valence-corrected chi connectivity index (χ1v) is 4.84.